The summed E-state index contributed by atoms with van der Waals surface area (Å²) in [6.07, 6.45) is 4.77. The lowest BCUT2D eigenvalue weighted by Crippen LogP contribution is -2.26. The summed E-state index contributed by atoms with van der Waals surface area (Å²) in [5, 5.41) is 7.09. The van der Waals surface area contributed by atoms with Crippen LogP contribution >= 0.6 is 0 Å². The largest absolute Gasteiger partial charge is 0.493 e. The molecule has 1 heterocycles. The molecule has 28 heavy (non-hydrogen) atoms. The van der Waals surface area contributed by atoms with Crippen LogP contribution in [0.4, 0.5) is 0 Å². The number of amides is 1. The van der Waals surface area contributed by atoms with Crippen LogP contribution in [0.3, 0.4) is 0 Å². The second-order valence-electron chi connectivity index (χ2n) is 6.09. The highest BCUT2D eigenvalue weighted by atomic mass is 16.5. The van der Waals surface area contributed by atoms with Crippen molar-refractivity contribution in [2.24, 2.45) is 0 Å². The van der Waals surface area contributed by atoms with Crippen molar-refractivity contribution in [2.45, 2.75) is 13.0 Å². The molecule has 0 saturated carbocycles. The minimum atomic E-state index is -0.193. The number of methoxy groups -OCH3 is 1. The highest BCUT2D eigenvalue weighted by molar-refractivity contribution is 5.95. The molecule has 0 saturated heterocycles. The molecule has 2 aromatic carbocycles. The summed E-state index contributed by atoms with van der Waals surface area (Å²) in [7, 11) is 1.54. The molecule has 1 N–H and O–H groups in total. The first kappa shape index (κ1) is 19.2. The maximum Gasteiger partial charge on any atom is 0.251 e. The van der Waals surface area contributed by atoms with E-state index in [0.717, 1.165) is 11.3 Å². The molecule has 144 valence electrons. The molecule has 1 aromatic heterocycles. The SMILES string of the molecule is C=CCOc1ccc(C(=O)NC(C)c2ccc(-n3cncn3)cc2)cc1OC. The number of hydrogen-bond donors (Lipinski definition) is 1. The van der Waals surface area contributed by atoms with Gasteiger partial charge in [0.15, 0.2) is 11.5 Å². The highest BCUT2D eigenvalue weighted by Crippen LogP contribution is 2.28. The lowest BCUT2D eigenvalue weighted by Gasteiger charge is -2.16. The number of aromatic nitrogens is 3. The average molecular weight is 378 g/mol. The maximum absolute atomic E-state index is 12.6. The van der Waals surface area contributed by atoms with Gasteiger partial charge in [-0.05, 0) is 42.8 Å². The Kier molecular flexibility index (Phi) is 6.06. The average Bonchev–Trinajstić information content (AvgIpc) is 3.27. The van der Waals surface area contributed by atoms with Gasteiger partial charge >= 0.3 is 0 Å². The van der Waals surface area contributed by atoms with E-state index >= 15 is 0 Å². The normalized spacial score (nSPS) is 11.5. The van der Waals surface area contributed by atoms with Crippen molar-refractivity contribution < 1.29 is 14.3 Å². The number of rotatable bonds is 8. The van der Waals surface area contributed by atoms with Gasteiger partial charge in [0.1, 0.15) is 19.3 Å². The number of hydrogen-bond acceptors (Lipinski definition) is 5. The third kappa shape index (κ3) is 4.37. The Morgan fingerprint density at radius 3 is 2.68 bits per heavy atom. The van der Waals surface area contributed by atoms with Crippen molar-refractivity contribution in [1.29, 1.82) is 0 Å². The minimum absolute atomic E-state index is 0.167. The third-order valence-corrected chi connectivity index (χ3v) is 4.21. The molecule has 0 spiro atoms. The van der Waals surface area contributed by atoms with Gasteiger partial charge in [0.2, 0.25) is 0 Å². The van der Waals surface area contributed by atoms with E-state index in [2.05, 4.69) is 22.0 Å². The van der Waals surface area contributed by atoms with Crippen LogP contribution < -0.4 is 14.8 Å². The first-order valence-corrected chi connectivity index (χ1v) is 8.80. The molecular formula is C21H22N4O3. The summed E-state index contributed by atoms with van der Waals surface area (Å²) in [4.78, 5) is 16.6. The summed E-state index contributed by atoms with van der Waals surface area (Å²) >= 11 is 0. The fourth-order valence-electron chi connectivity index (χ4n) is 2.70. The smallest absolute Gasteiger partial charge is 0.251 e. The van der Waals surface area contributed by atoms with Crippen molar-refractivity contribution in [3.05, 3.63) is 78.9 Å². The quantitative estimate of drug-likeness (QED) is 0.608. The number of nitrogens with one attached hydrogen (secondary N) is 1. The molecule has 7 nitrogen and oxygen atoms in total. The van der Waals surface area contributed by atoms with Crippen molar-refractivity contribution in [1.82, 2.24) is 20.1 Å². The van der Waals surface area contributed by atoms with Crippen LogP contribution in [0.5, 0.6) is 11.5 Å². The molecule has 0 radical (unpaired) electrons. The predicted molar refractivity (Wildman–Crippen MR) is 106 cm³/mol. The summed E-state index contributed by atoms with van der Waals surface area (Å²) in [6, 6.07) is 12.7. The van der Waals surface area contributed by atoms with Gasteiger partial charge in [0, 0.05) is 5.56 Å². The zero-order valence-electron chi connectivity index (χ0n) is 15.8. The van der Waals surface area contributed by atoms with Gasteiger partial charge in [0.25, 0.3) is 5.91 Å². The van der Waals surface area contributed by atoms with Gasteiger partial charge in [-0.25, -0.2) is 9.67 Å². The lowest BCUT2D eigenvalue weighted by atomic mass is 10.1. The molecule has 3 rings (SSSR count). The maximum atomic E-state index is 12.6. The summed E-state index contributed by atoms with van der Waals surface area (Å²) in [5.41, 5.74) is 2.38. The van der Waals surface area contributed by atoms with Gasteiger partial charge < -0.3 is 14.8 Å². The summed E-state index contributed by atoms with van der Waals surface area (Å²) in [6.45, 7) is 5.92. The monoisotopic (exact) mass is 378 g/mol. The number of carbonyl (C=O) groups is 1. The summed E-state index contributed by atoms with van der Waals surface area (Å²) in [5.74, 6) is 0.872. The van der Waals surface area contributed by atoms with Gasteiger partial charge in [-0.1, -0.05) is 24.8 Å². The van der Waals surface area contributed by atoms with Crippen LogP contribution in [0, 0.1) is 0 Å². The fourth-order valence-corrected chi connectivity index (χ4v) is 2.70. The van der Waals surface area contributed by atoms with Gasteiger partial charge in [-0.3, -0.25) is 4.79 Å². The Balaban J connectivity index is 1.69. The molecule has 0 aliphatic rings. The van der Waals surface area contributed by atoms with Crippen molar-refractivity contribution in [3.8, 4) is 17.2 Å². The molecule has 0 aliphatic carbocycles. The lowest BCUT2D eigenvalue weighted by molar-refractivity contribution is 0.0939. The van der Waals surface area contributed by atoms with Crippen LogP contribution in [0.15, 0.2) is 67.8 Å². The Labute approximate surface area is 163 Å². The van der Waals surface area contributed by atoms with Crippen LogP contribution in [-0.4, -0.2) is 34.4 Å². The van der Waals surface area contributed by atoms with Crippen LogP contribution in [0.25, 0.3) is 5.69 Å². The molecule has 7 heteroatoms. The molecule has 0 bridgehead atoms. The Bertz CT molecular complexity index is 937. The second kappa shape index (κ2) is 8.85. The molecule has 0 aliphatic heterocycles. The molecule has 0 fully saturated rings. The molecule has 1 unspecified atom stereocenters. The number of carbonyl (C=O) groups excluding carboxylic acids is 1. The first-order valence-electron chi connectivity index (χ1n) is 8.80. The Morgan fingerprint density at radius 1 is 1.25 bits per heavy atom. The fraction of sp³-hybridized carbons (Fsp3) is 0.190. The van der Waals surface area contributed by atoms with Crippen LogP contribution in [0.2, 0.25) is 0 Å². The third-order valence-electron chi connectivity index (χ3n) is 4.21. The summed E-state index contributed by atoms with van der Waals surface area (Å²) < 4.78 is 12.5. The highest BCUT2D eigenvalue weighted by Gasteiger charge is 2.14. The van der Waals surface area contributed by atoms with Gasteiger partial charge in [0.05, 0.1) is 18.8 Å². The van der Waals surface area contributed by atoms with Gasteiger partial charge in [-0.15, -0.1) is 0 Å². The van der Waals surface area contributed by atoms with E-state index in [4.69, 9.17) is 9.47 Å². The van der Waals surface area contributed by atoms with Crippen LogP contribution in [0.1, 0.15) is 28.9 Å². The molecular weight excluding hydrogens is 356 g/mol. The van der Waals surface area contributed by atoms with E-state index in [1.807, 2.05) is 31.2 Å². The predicted octanol–water partition coefficient (Wildman–Crippen LogP) is 3.33. The van der Waals surface area contributed by atoms with E-state index < -0.39 is 0 Å². The minimum Gasteiger partial charge on any atom is -0.493 e. The topological polar surface area (TPSA) is 78.3 Å². The van der Waals surface area contributed by atoms with Crippen molar-refractivity contribution in [2.75, 3.05) is 13.7 Å². The number of nitrogens with zero attached hydrogens (tertiary/aromatic N) is 3. The van der Waals surface area contributed by atoms with Crippen molar-refractivity contribution >= 4 is 5.91 Å². The second-order valence-corrected chi connectivity index (χ2v) is 6.09. The first-order chi connectivity index (χ1) is 13.6. The van der Waals surface area contributed by atoms with Crippen molar-refractivity contribution in [3.63, 3.8) is 0 Å². The molecule has 1 atom stereocenters. The zero-order chi connectivity index (χ0) is 19.9. The van der Waals surface area contributed by atoms with Crippen LogP contribution in [-0.2, 0) is 0 Å². The van der Waals surface area contributed by atoms with E-state index in [0.29, 0.717) is 23.7 Å². The van der Waals surface area contributed by atoms with E-state index in [9.17, 15) is 4.79 Å². The van der Waals surface area contributed by atoms with E-state index in [-0.39, 0.29) is 11.9 Å². The van der Waals surface area contributed by atoms with E-state index in [1.54, 1.807) is 35.3 Å². The Morgan fingerprint density at radius 2 is 2.04 bits per heavy atom. The van der Waals surface area contributed by atoms with E-state index in [1.165, 1.54) is 13.4 Å². The zero-order valence-corrected chi connectivity index (χ0v) is 15.8. The number of benzene rings is 2. The standard InChI is InChI=1S/C21H22N4O3/c1-4-11-28-19-10-7-17(12-20(19)27-3)21(26)24-15(2)16-5-8-18(9-6-16)25-14-22-13-23-25/h4-10,12-15H,1,11H2,2-3H3,(H,24,26). The molecule has 1 amide bonds. The van der Waals surface area contributed by atoms with Gasteiger partial charge in [-0.2, -0.15) is 5.10 Å². The Hall–Kier alpha value is -3.61. The molecule has 3 aromatic rings. The number of ether oxygens (including phenoxy) is 2.